The number of carboxylic acid groups (broad SMARTS) is 2. The standard InChI is InChI=1S/C8H14N2O5/c1-2-9-8(15)10-5(7(13)14)3-4-6(11)12/h5H,2-4H2,1H3,(H,11,12)(H,13,14)(H2,9,10,15). The molecular weight excluding hydrogens is 204 g/mol. The molecule has 0 aromatic heterocycles. The van der Waals surface area contributed by atoms with E-state index >= 15 is 0 Å². The second kappa shape index (κ2) is 6.63. The highest BCUT2D eigenvalue weighted by Gasteiger charge is 2.20. The number of rotatable bonds is 6. The summed E-state index contributed by atoms with van der Waals surface area (Å²) in [5.74, 6) is -2.35. The number of nitrogens with one attached hydrogen (secondary N) is 2. The summed E-state index contributed by atoms with van der Waals surface area (Å²) in [6.07, 6.45) is -0.439. The zero-order chi connectivity index (χ0) is 11.8. The second-order valence-corrected chi connectivity index (χ2v) is 2.83. The molecule has 0 saturated heterocycles. The van der Waals surface area contributed by atoms with Crippen molar-refractivity contribution in [3.8, 4) is 0 Å². The van der Waals surface area contributed by atoms with E-state index < -0.39 is 24.0 Å². The normalized spacial score (nSPS) is 11.5. The summed E-state index contributed by atoms with van der Waals surface area (Å²) >= 11 is 0. The van der Waals surface area contributed by atoms with Gasteiger partial charge in [0.05, 0.1) is 0 Å². The molecular formula is C8H14N2O5. The van der Waals surface area contributed by atoms with E-state index in [4.69, 9.17) is 10.2 Å². The average Bonchev–Trinajstić information content (AvgIpc) is 2.11. The topological polar surface area (TPSA) is 116 Å². The van der Waals surface area contributed by atoms with Gasteiger partial charge in [-0.2, -0.15) is 0 Å². The molecule has 0 aliphatic heterocycles. The van der Waals surface area contributed by atoms with E-state index in [0.29, 0.717) is 6.54 Å². The lowest BCUT2D eigenvalue weighted by atomic mass is 10.1. The molecule has 1 atom stereocenters. The smallest absolute Gasteiger partial charge is 0.326 e. The molecule has 0 bridgehead atoms. The van der Waals surface area contributed by atoms with Crippen LogP contribution in [0.15, 0.2) is 0 Å². The fraction of sp³-hybridized carbons (Fsp3) is 0.625. The molecule has 0 aromatic rings. The minimum Gasteiger partial charge on any atom is -0.481 e. The summed E-state index contributed by atoms with van der Waals surface area (Å²) in [5.41, 5.74) is 0. The van der Waals surface area contributed by atoms with E-state index in [2.05, 4.69) is 10.6 Å². The molecule has 2 amide bonds. The van der Waals surface area contributed by atoms with Gasteiger partial charge in [-0.3, -0.25) is 4.79 Å². The first-order chi connectivity index (χ1) is 6.97. The minimum atomic E-state index is -1.25. The number of carboxylic acids is 2. The van der Waals surface area contributed by atoms with Crippen LogP contribution in [0.4, 0.5) is 4.79 Å². The minimum absolute atomic E-state index is 0.137. The highest BCUT2D eigenvalue weighted by molar-refractivity contribution is 5.82. The van der Waals surface area contributed by atoms with Gasteiger partial charge in [0.15, 0.2) is 0 Å². The number of aliphatic carboxylic acids is 2. The monoisotopic (exact) mass is 218 g/mol. The maximum Gasteiger partial charge on any atom is 0.326 e. The van der Waals surface area contributed by atoms with Gasteiger partial charge < -0.3 is 20.8 Å². The third kappa shape index (κ3) is 6.30. The highest BCUT2D eigenvalue weighted by atomic mass is 16.4. The van der Waals surface area contributed by atoms with Crippen LogP contribution in [0.25, 0.3) is 0 Å². The average molecular weight is 218 g/mol. The van der Waals surface area contributed by atoms with Crippen LogP contribution >= 0.6 is 0 Å². The van der Waals surface area contributed by atoms with Crippen LogP contribution in [0.3, 0.4) is 0 Å². The van der Waals surface area contributed by atoms with E-state index in [0.717, 1.165) is 0 Å². The Morgan fingerprint density at radius 3 is 2.27 bits per heavy atom. The number of urea groups is 1. The predicted molar refractivity (Wildman–Crippen MR) is 50.5 cm³/mol. The third-order valence-corrected chi connectivity index (χ3v) is 1.59. The molecule has 7 nitrogen and oxygen atoms in total. The van der Waals surface area contributed by atoms with Crippen molar-refractivity contribution in [2.45, 2.75) is 25.8 Å². The Hall–Kier alpha value is -1.79. The maximum atomic E-state index is 11.0. The molecule has 15 heavy (non-hydrogen) atoms. The van der Waals surface area contributed by atoms with Crippen molar-refractivity contribution in [2.75, 3.05) is 6.54 Å². The van der Waals surface area contributed by atoms with Crippen molar-refractivity contribution in [3.63, 3.8) is 0 Å². The molecule has 4 N–H and O–H groups in total. The molecule has 0 fully saturated rings. The van der Waals surface area contributed by atoms with Crippen LogP contribution in [0.2, 0.25) is 0 Å². The maximum absolute atomic E-state index is 11.0. The first kappa shape index (κ1) is 13.2. The quantitative estimate of drug-likeness (QED) is 0.485. The lowest BCUT2D eigenvalue weighted by Crippen LogP contribution is -2.46. The van der Waals surface area contributed by atoms with Gasteiger partial charge in [-0.1, -0.05) is 0 Å². The molecule has 0 rings (SSSR count). The molecule has 0 aliphatic carbocycles. The van der Waals surface area contributed by atoms with Gasteiger partial charge in [0.1, 0.15) is 6.04 Å². The molecule has 0 heterocycles. The third-order valence-electron chi connectivity index (χ3n) is 1.59. The fourth-order valence-corrected chi connectivity index (χ4v) is 0.895. The van der Waals surface area contributed by atoms with E-state index in [1.54, 1.807) is 6.92 Å². The van der Waals surface area contributed by atoms with Gasteiger partial charge in [0, 0.05) is 13.0 Å². The Balaban J connectivity index is 4.10. The SMILES string of the molecule is CCNC(=O)NC(CCC(=O)O)C(=O)O. The lowest BCUT2D eigenvalue weighted by Gasteiger charge is -2.13. The number of carbonyl (C=O) groups excluding carboxylic acids is 1. The first-order valence-electron chi connectivity index (χ1n) is 4.46. The number of hydrogen-bond acceptors (Lipinski definition) is 3. The molecule has 0 radical (unpaired) electrons. The van der Waals surface area contributed by atoms with Crippen LogP contribution in [-0.4, -0.2) is 40.8 Å². The Morgan fingerprint density at radius 2 is 1.87 bits per heavy atom. The molecule has 0 spiro atoms. The Bertz CT molecular complexity index is 253. The predicted octanol–water partition coefficient (Wildman–Crippen LogP) is -0.376. The number of amides is 2. The molecule has 86 valence electrons. The van der Waals surface area contributed by atoms with E-state index in [-0.39, 0.29) is 12.8 Å². The van der Waals surface area contributed by atoms with Gasteiger partial charge in [-0.25, -0.2) is 9.59 Å². The number of hydrogen-bond donors (Lipinski definition) is 4. The first-order valence-corrected chi connectivity index (χ1v) is 4.46. The number of carbonyl (C=O) groups is 3. The van der Waals surface area contributed by atoms with Gasteiger partial charge >= 0.3 is 18.0 Å². The highest BCUT2D eigenvalue weighted by Crippen LogP contribution is 1.97. The van der Waals surface area contributed by atoms with Crippen LogP contribution in [0.1, 0.15) is 19.8 Å². The zero-order valence-corrected chi connectivity index (χ0v) is 8.32. The summed E-state index contributed by atoms with van der Waals surface area (Å²) in [6.45, 7) is 2.06. The van der Waals surface area contributed by atoms with Crippen molar-refractivity contribution in [2.24, 2.45) is 0 Å². The van der Waals surface area contributed by atoms with Crippen molar-refractivity contribution in [3.05, 3.63) is 0 Å². The fourth-order valence-electron chi connectivity index (χ4n) is 0.895. The molecule has 7 heteroatoms. The van der Waals surface area contributed by atoms with Crippen LogP contribution in [0.5, 0.6) is 0 Å². The summed E-state index contributed by atoms with van der Waals surface area (Å²) in [6, 6.07) is -1.79. The van der Waals surface area contributed by atoms with Crippen LogP contribution in [-0.2, 0) is 9.59 Å². The van der Waals surface area contributed by atoms with Crippen molar-refractivity contribution >= 4 is 18.0 Å². The van der Waals surface area contributed by atoms with Crippen molar-refractivity contribution < 1.29 is 24.6 Å². The van der Waals surface area contributed by atoms with Gasteiger partial charge in [0.25, 0.3) is 0 Å². The lowest BCUT2D eigenvalue weighted by molar-refractivity contribution is -0.140. The largest absolute Gasteiger partial charge is 0.481 e. The second-order valence-electron chi connectivity index (χ2n) is 2.83. The molecule has 0 aliphatic rings. The van der Waals surface area contributed by atoms with Crippen molar-refractivity contribution in [1.29, 1.82) is 0 Å². The van der Waals surface area contributed by atoms with E-state index in [9.17, 15) is 14.4 Å². The Morgan fingerprint density at radius 1 is 1.27 bits per heavy atom. The van der Waals surface area contributed by atoms with Crippen LogP contribution in [0, 0.1) is 0 Å². The molecule has 1 unspecified atom stereocenters. The Labute approximate surface area is 86.5 Å². The summed E-state index contributed by atoms with van der Waals surface area (Å²) in [5, 5.41) is 21.5. The van der Waals surface area contributed by atoms with E-state index in [1.165, 1.54) is 0 Å². The van der Waals surface area contributed by atoms with E-state index in [1.807, 2.05) is 0 Å². The summed E-state index contributed by atoms with van der Waals surface area (Å²) in [4.78, 5) is 31.8. The zero-order valence-electron chi connectivity index (χ0n) is 8.32. The molecule has 0 aromatic carbocycles. The summed E-state index contributed by atoms with van der Waals surface area (Å²) in [7, 11) is 0. The molecule has 0 saturated carbocycles. The van der Waals surface area contributed by atoms with Gasteiger partial charge in [-0.15, -0.1) is 0 Å². The van der Waals surface area contributed by atoms with Gasteiger partial charge in [-0.05, 0) is 13.3 Å². The van der Waals surface area contributed by atoms with Crippen molar-refractivity contribution in [1.82, 2.24) is 10.6 Å². The summed E-state index contributed by atoms with van der Waals surface area (Å²) < 4.78 is 0. The Kier molecular flexibility index (Phi) is 5.84. The van der Waals surface area contributed by atoms with Crippen LogP contribution < -0.4 is 10.6 Å². The van der Waals surface area contributed by atoms with Gasteiger partial charge in [0.2, 0.25) is 0 Å².